The molecule has 3 N–H and O–H groups in total. The van der Waals surface area contributed by atoms with Crippen LogP contribution in [0.15, 0.2) is 18.5 Å². The third-order valence-corrected chi connectivity index (χ3v) is 1.86. The Labute approximate surface area is 72.0 Å². The molecule has 0 fully saturated rings. The van der Waals surface area contributed by atoms with Gasteiger partial charge in [-0.05, 0) is 18.5 Å². The van der Waals surface area contributed by atoms with Gasteiger partial charge in [0.25, 0.3) is 0 Å². The van der Waals surface area contributed by atoms with E-state index in [0.29, 0.717) is 13.0 Å². The van der Waals surface area contributed by atoms with Crippen LogP contribution in [-0.4, -0.2) is 17.3 Å². The normalized spacial score (nSPS) is 12.8. The van der Waals surface area contributed by atoms with Crippen molar-refractivity contribution in [3.8, 4) is 0 Å². The number of aromatic amines is 1. The van der Waals surface area contributed by atoms with E-state index in [1.165, 1.54) is 0 Å². The number of Topliss-reactive ketones (excluding diaryl/α,β-unsaturated/α-hetero) is 1. The van der Waals surface area contributed by atoms with E-state index in [1.54, 1.807) is 18.5 Å². The summed E-state index contributed by atoms with van der Waals surface area (Å²) in [6, 6.07) is 1.78. The van der Waals surface area contributed by atoms with E-state index in [2.05, 4.69) is 4.98 Å². The molecule has 1 heterocycles. The van der Waals surface area contributed by atoms with Crippen LogP contribution in [0.25, 0.3) is 0 Å². The molecule has 1 atom stereocenters. The maximum atomic E-state index is 11.4. The Kier molecular flexibility index (Phi) is 3.05. The molecule has 0 aromatic carbocycles. The lowest BCUT2D eigenvalue weighted by molar-refractivity contribution is 0.0966. The van der Waals surface area contributed by atoms with E-state index in [1.807, 2.05) is 6.92 Å². The van der Waals surface area contributed by atoms with Crippen LogP contribution < -0.4 is 5.73 Å². The first-order valence-electron chi connectivity index (χ1n) is 4.10. The lowest BCUT2D eigenvalue weighted by Crippen LogP contribution is -2.14. The zero-order chi connectivity index (χ0) is 8.97. The number of ketones is 1. The minimum atomic E-state index is 0.161. The fourth-order valence-electron chi connectivity index (χ4n) is 1.02. The number of rotatable bonds is 4. The number of hydrogen-bond acceptors (Lipinski definition) is 2. The highest BCUT2D eigenvalue weighted by molar-refractivity contribution is 5.95. The number of carbonyl (C=O) groups excluding carboxylic acids is 1. The molecule has 0 radical (unpaired) electrons. The maximum Gasteiger partial charge on any atom is 0.164 e. The Balaban J connectivity index is 2.50. The highest BCUT2D eigenvalue weighted by Gasteiger charge is 2.09. The molecule has 1 unspecified atom stereocenters. The van der Waals surface area contributed by atoms with E-state index in [9.17, 15) is 4.79 Å². The summed E-state index contributed by atoms with van der Waals surface area (Å²) in [6.45, 7) is 2.54. The van der Waals surface area contributed by atoms with Gasteiger partial charge < -0.3 is 10.7 Å². The Morgan fingerprint density at radius 3 is 3.00 bits per heavy atom. The van der Waals surface area contributed by atoms with Crippen LogP contribution in [0.5, 0.6) is 0 Å². The quantitative estimate of drug-likeness (QED) is 0.660. The second kappa shape index (κ2) is 4.07. The first kappa shape index (κ1) is 9.00. The molecule has 3 nitrogen and oxygen atoms in total. The standard InChI is InChI=1S/C9H14N2O/c1-7(5-10)4-9(12)8-2-3-11-6-8/h2-3,6-7,11H,4-5,10H2,1H3. The maximum absolute atomic E-state index is 11.4. The van der Waals surface area contributed by atoms with Crippen molar-refractivity contribution in [1.82, 2.24) is 4.98 Å². The molecular weight excluding hydrogens is 152 g/mol. The first-order chi connectivity index (χ1) is 5.74. The van der Waals surface area contributed by atoms with E-state index in [4.69, 9.17) is 5.73 Å². The largest absolute Gasteiger partial charge is 0.367 e. The van der Waals surface area contributed by atoms with Crippen LogP contribution >= 0.6 is 0 Å². The number of aromatic nitrogens is 1. The molecule has 12 heavy (non-hydrogen) atoms. The third kappa shape index (κ3) is 2.20. The molecule has 0 amide bonds. The van der Waals surface area contributed by atoms with Gasteiger partial charge in [-0.2, -0.15) is 0 Å². The average Bonchev–Trinajstić information content (AvgIpc) is 2.56. The van der Waals surface area contributed by atoms with E-state index in [0.717, 1.165) is 5.56 Å². The summed E-state index contributed by atoms with van der Waals surface area (Å²) in [5, 5.41) is 0. The molecule has 3 heteroatoms. The van der Waals surface area contributed by atoms with Crippen molar-refractivity contribution in [1.29, 1.82) is 0 Å². The summed E-state index contributed by atoms with van der Waals surface area (Å²) < 4.78 is 0. The SMILES string of the molecule is CC(CN)CC(=O)c1cc[nH]c1. The van der Waals surface area contributed by atoms with Gasteiger partial charge in [0.2, 0.25) is 0 Å². The van der Waals surface area contributed by atoms with Gasteiger partial charge in [-0.15, -0.1) is 0 Å². The van der Waals surface area contributed by atoms with Crippen LogP contribution in [0.1, 0.15) is 23.7 Å². The van der Waals surface area contributed by atoms with Gasteiger partial charge in [-0.25, -0.2) is 0 Å². The highest BCUT2D eigenvalue weighted by atomic mass is 16.1. The molecule has 0 aliphatic heterocycles. The molecule has 1 rings (SSSR count). The van der Waals surface area contributed by atoms with Crippen molar-refractivity contribution in [2.75, 3.05) is 6.54 Å². The lowest BCUT2D eigenvalue weighted by atomic mass is 10.0. The molecule has 0 spiro atoms. The fraction of sp³-hybridized carbons (Fsp3) is 0.444. The minimum Gasteiger partial charge on any atom is -0.367 e. The fourth-order valence-corrected chi connectivity index (χ4v) is 1.02. The molecule has 66 valence electrons. The lowest BCUT2D eigenvalue weighted by Gasteiger charge is -2.04. The Morgan fingerprint density at radius 1 is 1.75 bits per heavy atom. The van der Waals surface area contributed by atoms with Gasteiger partial charge in [0.05, 0.1) is 0 Å². The molecule has 1 aromatic rings. The Bertz CT molecular complexity index is 241. The molecule has 0 aliphatic rings. The van der Waals surface area contributed by atoms with Crippen LogP contribution in [0.2, 0.25) is 0 Å². The summed E-state index contributed by atoms with van der Waals surface area (Å²) in [7, 11) is 0. The zero-order valence-electron chi connectivity index (χ0n) is 7.21. The second-order valence-electron chi connectivity index (χ2n) is 3.07. The van der Waals surface area contributed by atoms with E-state index < -0.39 is 0 Å². The van der Waals surface area contributed by atoms with E-state index >= 15 is 0 Å². The van der Waals surface area contributed by atoms with Crippen molar-refractivity contribution in [2.24, 2.45) is 11.7 Å². The van der Waals surface area contributed by atoms with Crippen LogP contribution in [-0.2, 0) is 0 Å². The molecule has 0 aliphatic carbocycles. The minimum absolute atomic E-state index is 0.161. The third-order valence-electron chi connectivity index (χ3n) is 1.86. The first-order valence-corrected chi connectivity index (χ1v) is 4.10. The smallest absolute Gasteiger partial charge is 0.164 e. The average molecular weight is 166 g/mol. The summed E-state index contributed by atoms with van der Waals surface area (Å²) in [6.07, 6.45) is 4.00. The number of carbonyl (C=O) groups is 1. The van der Waals surface area contributed by atoms with Crippen molar-refractivity contribution < 1.29 is 4.79 Å². The van der Waals surface area contributed by atoms with Gasteiger partial charge in [-0.1, -0.05) is 6.92 Å². The van der Waals surface area contributed by atoms with Gasteiger partial charge >= 0.3 is 0 Å². The van der Waals surface area contributed by atoms with Gasteiger partial charge in [0, 0.05) is 24.4 Å². The van der Waals surface area contributed by atoms with Gasteiger partial charge in [0.1, 0.15) is 0 Å². The van der Waals surface area contributed by atoms with E-state index in [-0.39, 0.29) is 11.7 Å². The summed E-state index contributed by atoms with van der Waals surface area (Å²) in [5.41, 5.74) is 6.16. The predicted octanol–water partition coefficient (Wildman–Crippen LogP) is 1.18. The predicted molar refractivity (Wildman–Crippen MR) is 48.0 cm³/mol. The van der Waals surface area contributed by atoms with Crippen LogP contribution in [0.3, 0.4) is 0 Å². The monoisotopic (exact) mass is 166 g/mol. The highest BCUT2D eigenvalue weighted by Crippen LogP contribution is 2.07. The molecule has 0 saturated heterocycles. The molecule has 0 saturated carbocycles. The number of hydrogen-bond donors (Lipinski definition) is 2. The van der Waals surface area contributed by atoms with Crippen molar-refractivity contribution >= 4 is 5.78 Å². The molecule has 1 aromatic heterocycles. The zero-order valence-corrected chi connectivity index (χ0v) is 7.21. The van der Waals surface area contributed by atoms with Crippen LogP contribution in [0.4, 0.5) is 0 Å². The number of H-pyrrole nitrogens is 1. The number of nitrogens with two attached hydrogens (primary N) is 1. The Hall–Kier alpha value is -1.09. The van der Waals surface area contributed by atoms with Crippen molar-refractivity contribution in [2.45, 2.75) is 13.3 Å². The second-order valence-corrected chi connectivity index (χ2v) is 3.07. The van der Waals surface area contributed by atoms with Crippen LogP contribution in [0, 0.1) is 5.92 Å². The Morgan fingerprint density at radius 2 is 2.50 bits per heavy atom. The van der Waals surface area contributed by atoms with Gasteiger partial charge in [-0.3, -0.25) is 4.79 Å². The van der Waals surface area contributed by atoms with Crippen molar-refractivity contribution in [3.63, 3.8) is 0 Å². The van der Waals surface area contributed by atoms with Crippen molar-refractivity contribution in [3.05, 3.63) is 24.0 Å². The summed E-state index contributed by atoms with van der Waals surface area (Å²) >= 11 is 0. The summed E-state index contributed by atoms with van der Waals surface area (Å²) in [5.74, 6) is 0.432. The summed E-state index contributed by atoms with van der Waals surface area (Å²) in [4.78, 5) is 14.2. The molecular formula is C9H14N2O. The number of nitrogens with one attached hydrogen (secondary N) is 1. The van der Waals surface area contributed by atoms with Gasteiger partial charge in [0.15, 0.2) is 5.78 Å². The topological polar surface area (TPSA) is 58.9 Å². The molecule has 0 bridgehead atoms.